The van der Waals surface area contributed by atoms with E-state index in [2.05, 4.69) is 15.3 Å². The van der Waals surface area contributed by atoms with Gasteiger partial charge in [0.15, 0.2) is 0 Å². The number of morpholine rings is 1. The molecule has 0 saturated carbocycles. The molecule has 1 aromatic rings. The summed E-state index contributed by atoms with van der Waals surface area (Å²) < 4.78 is 7.05. The van der Waals surface area contributed by atoms with E-state index in [-0.39, 0.29) is 6.03 Å². The molecule has 2 amide bonds. The fourth-order valence-corrected chi connectivity index (χ4v) is 3.05. The number of ether oxygens (including phenoxy) is 1. The molecule has 0 aromatic carbocycles. The molecule has 7 nitrogen and oxygen atoms in total. The quantitative estimate of drug-likeness (QED) is 0.893. The van der Waals surface area contributed by atoms with E-state index >= 15 is 0 Å². The summed E-state index contributed by atoms with van der Waals surface area (Å²) in [7, 11) is 1.82. The van der Waals surface area contributed by atoms with Crippen LogP contribution in [0.3, 0.4) is 0 Å². The summed E-state index contributed by atoms with van der Waals surface area (Å²) in [5, 5.41) is 7.01. The van der Waals surface area contributed by atoms with Crippen molar-refractivity contribution < 1.29 is 9.53 Å². The van der Waals surface area contributed by atoms with E-state index in [4.69, 9.17) is 4.74 Å². The lowest BCUT2D eigenvalue weighted by molar-refractivity contribution is 0.0296. The largest absolute Gasteiger partial charge is 0.379 e. The Balaban J connectivity index is 1.58. The van der Waals surface area contributed by atoms with Crippen molar-refractivity contribution >= 4 is 11.8 Å². The van der Waals surface area contributed by atoms with Crippen LogP contribution in [0.4, 0.5) is 10.6 Å². The number of urea groups is 1. The highest BCUT2D eigenvalue weighted by Gasteiger charge is 2.30. The van der Waals surface area contributed by atoms with Crippen LogP contribution in [0.2, 0.25) is 0 Å². The highest BCUT2D eigenvalue weighted by molar-refractivity contribution is 5.88. The molecule has 21 heavy (non-hydrogen) atoms. The maximum atomic E-state index is 12.4. The van der Waals surface area contributed by atoms with Gasteiger partial charge in [0.25, 0.3) is 0 Å². The zero-order valence-corrected chi connectivity index (χ0v) is 12.5. The molecule has 0 bridgehead atoms. The van der Waals surface area contributed by atoms with E-state index in [9.17, 15) is 4.79 Å². The van der Waals surface area contributed by atoms with Gasteiger partial charge in [0.1, 0.15) is 5.82 Å². The smallest absolute Gasteiger partial charge is 0.323 e. The fraction of sp³-hybridized carbons (Fsp3) is 0.714. The molecule has 116 valence electrons. The van der Waals surface area contributed by atoms with Crippen LogP contribution in [0, 0.1) is 0 Å². The number of hydrogen-bond donors (Lipinski definition) is 1. The lowest BCUT2D eigenvalue weighted by Crippen LogP contribution is -2.47. The average molecular weight is 293 g/mol. The van der Waals surface area contributed by atoms with Gasteiger partial charge in [0.05, 0.1) is 19.4 Å². The molecular formula is C14H23N5O2. The first-order valence-corrected chi connectivity index (χ1v) is 7.60. The lowest BCUT2D eigenvalue weighted by atomic mass is 10.2. The van der Waals surface area contributed by atoms with Crippen molar-refractivity contribution in [1.82, 2.24) is 19.6 Å². The molecule has 7 heteroatoms. The van der Waals surface area contributed by atoms with Gasteiger partial charge in [-0.15, -0.1) is 0 Å². The Kier molecular flexibility index (Phi) is 4.40. The molecule has 0 aliphatic carbocycles. The molecule has 2 saturated heterocycles. The Morgan fingerprint density at radius 1 is 1.43 bits per heavy atom. The number of carbonyl (C=O) groups excluding carboxylic acids is 1. The topological polar surface area (TPSA) is 62.6 Å². The minimum absolute atomic E-state index is 0.0191. The number of nitrogens with zero attached hydrogens (tertiary/aromatic N) is 4. The molecule has 3 heterocycles. The molecule has 0 spiro atoms. The van der Waals surface area contributed by atoms with Crippen LogP contribution in [0.1, 0.15) is 12.8 Å². The van der Waals surface area contributed by atoms with Crippen LogP contribution in [-0.4, -0.2) is 71.0 Å². The molecule has 2 fully saturated rings. The first-order valence-electron chi connectivity index (χ1n) is 7.60. The molecule has 2 aliphatic rings. The van der Waals surface area contributed by atoms with Gasteiger partial charge in [-0.1, -0.05) is 0 Å². The summed E-state index contributed by atoms with van der Waals surface area (Å²) in [6.45, 7) is 5.31. The van der Waals surface area contributed by atoms with Crippen LogP contribution in [0.5, 0.6) is 0 Å². The normalized spacial score (nSPS) is 23.5. The minimum atomic E-state index is -0.0191. The Morgan fingerprint density at radius 3 is 2.95 bits per heavy atom. The van der Waals surface area contributed by atoms with E-state index < -0.39 is 0 Å². The maximum Gasteiger partial charge on any atom is 0.323 e. The number of amides is 2. The number of carbonyl (C=O) groups is 1. The van der Waals surface area contributed by atoms with Crippen LogP contribution < -0.4 is 5.32 Å². The van der Waals surface area contributed by atoms with Crippen LogP contribution in [0.25, 0.3) is 0 Å². The zero-order valence-electron chi connectivity index (χ0n) is 12.5. The number of hydrogen-bond acceptors (Lipinski definition) is 4. The van der Waals surface area contributed by atoms with E-state index in [0.717, 1.165) is 58.1 Å². The summed E-state index contributed by atoms with van der Waals surface area (Å²) in [4.78, 5) is 16.8. The summed E-state index contributed by atoms with van der Waals surface area (Å²) >= 11 is 0. The SMILES string of the molecule is Cn1nccc1NC(=O)N1CCC[C@@H]1CN1CCOCC1. The van der Waals surface area contributed by atoms with Gasteiger partial charge in [-0.3, -0.25) is 14.9 Å². The van der Waals surface area contributed by atoms with Gasteiger partial charge in [-0.05, 0) is 12.8 Å². The van der Waals surface area contributed by atoms with Crippen molar-refractivity contribution in [3.05, 3.63) is 12.3 Å². The number of nitrogens with one attached hydrogen (secondary N) is 1. The van der Waals surface area contributed by atoms with E-state index in [1.165, 1.54) is 0 Å². The van der Waals surface area contributed by atoms with Gasteiger partial charge < -0.3 is 9.64 Å². The second-order valence-electron chi connectivity index (χ2n) is 5.67. The first kappa shape index (κ1) is 14.3. The van der Waals surface area contributed by atoms with Gasteiger partial charge >= 0.3 is 6.03 Å². The standard InChI is InChI=1S/C14H23N5O2/c1-17-13(4-5-15-17)16-14(20)19-6-2-3-12(19)11-18-7-9-21-10-8-18/h4-5,12H,2-3,6-11H2,1H3,(H,16,20)/t12-/m1/s1. The number of rotatable bonds is 3. The van der Waals surface area contributed by atoms with Crippen molar-refractivity contribution in [3.8, 4) is 0 Å². The van der Waals surface area contributed by atoms with Gasteiger partial charge in [0, 0.05) is 45.3 Å². The predicted molar refractivity (Wildman–Crippen MR) is 79.2 cm³/mol. The van der Waals surface area contributed by atoms with Crippen molar-refractivity contribution in [2.75, 3.05) is 44.7 Å². The van der Waals surface area contributed by atoms with Crippen LogP contribution >= 0.6 is 0 Å². The molecule has 1 aromatic heterocycles. The van der Waals surface area contributed by atoms with Gasteiger partial charge in [0.2, 0.25) is 0 Å². The van der Waals surface area contributed by atoms with Crippen molar-refractivity contribution in [1.29, 1.82) is 0 Å². The third kappa shape index (κ3) is 3.36. The Hall–Kier alpha value is -1.60. The second-order valence-corrected chi connectivity index (χ2v) is 5.67. The highest BCUT2D eigenvalue weighted by Crippen LogP contribution is 2.20. The van der Waals surface area contributed by atoms with Gasteiger partial charge in [-0.25, -0.2) is 4.79 Å². The average Bonchev–Trinajstić information content (AvgIpc) is 3.10. The first-order chi connectivity index (χ1) is 10.2. The number of likely N-dealkylation sites (tertiary alicyclic amines) is 1. The molecule has 1 atom stereocenters. The monoisotopic (exact) mass is 293 g/mol. The third-order valence-corrected chi connectivity index (χ3v) is 4.27. The fourth-order valence-electron chi connectivity index (χ4n) is 3.05. The number of aromatic nitrogens is 2. The lowest BCUT2D eigenvalue weighted by Gasteiger charge is -2.32. The van der Waals surface area contributed by atoms with E-state index in [1.54, 1.807) is 10.9 Å². The summed E-state index contributed by atoms with van der Waals surface area (Å²) in [5.41, 5.74) is 0. The predicted octanol–water partition coefficient (Wildman–Crippen LogP) is 0.749. The number of anilines is 1. The maximum absolute atomic E-state index is 12.4. The molecule has 2 aliphatic heterocycles. The van der Waals surface area contributed by atoms with E-state index in [0.29, 0.717) is 6.04 Å². The summed E-state index contributed by atoms with van der Waals surface area (Å²) in [5.74, 6) is 0.733. The Labute approximate surface area is 124 Å². The number of aryl methyl sites for hydroxylation is 1. The van der Waals surface area contributed by atoms with E-state index in [1.807, 2.05) is 18.0 Å². The summed E-state index contributed by atoms with van der Waals surface area (Å²) in [6, 6.07) is 2.09. The Morgan fingerprint density at radius 2 is 2.24 bits per heavy atom. The summed E-state index contributed by atoms with van der Waals surface area (Å²) in [6.07, 6.45) is 3.84. The third-order valence-electron chi connectivity index (χ3n) is 4.27. The molecule has 0 unspecified atom stereocenters. The Bertz CT molecular complexity index is 483. The molecule has 3 rings (SSSR count). The van der Waals surface area contributed by atoms with Crippen molar-refractivity contribution in [3.63, 3.8) is 0 Å². The molecule has 0 radical (unpaired) electrons. The van der Waals surface area contributed by atoms with Crippen molar-refractivity contribution in [2.45, 2.75) is 18.9 Å². The van der Waals surface area contributed by atoms with Crippen molar-refractivity contribution in [2.24, 2.45) is 7.05 Å². The highest BCUT2D eigenvalue weighted by atomic mass is 16.5. The van der Waals surface area contributed by atoms with Crippen LogP contribution in [0.15, 0.2) is 12.3 Å². The molecule has 1 N–H and O–H groups in total. The molecular weight excluding hydrogens is 270 g/mol. The van der Waals surface area contributed by atoms with Crippen LogP contribution in [-0.2, 0) is 11.8 Å². The minimum Gasteiger partial charge on any atom is -0.379 e. The zero-order chi connectivity index (χ0) is 14.7. The second kappa shape index (κ2) is 6.44. The van der Waals surface area contributed by atoms with Gasteiger partial charge in [-0.2, -0.15) is 5.10 Å².